The molecule has 0 saturated carbocycles. The number of anilines is 1. The summed E-state index contributed by atoms with van der Waals surface area (Å²) < 4.78 is 18.0. The van der Waals surface area contributed by atoms with Crippen LogP contribution in [0.3, 0.4) is 0 Å². The number of likely N-dealkylation sites (tertiary alicyclic amines) is 1. The number of hydrogen-bond acceptors (Lipinski definition) is 7. The summed E-state index contributed by atoms with van der Waals surface area (Å²) in [5.41, 5.74) is -1.69. The summed E-state index contributed by atoms with van der Waals surface area (Å²) in [6.45, 7) is 2.95. The quantitative estimate of drug-likeness (QED) is 0.299. The van der Waals surface area contributed by atoms with E-state index in [9.17, 15) is 19.5 Å². The van der Waals surface area contributed by atoms with Crippen LogP contribution in [0.1, 0.15) is 51.9 Å². The molecule has 2 fully saturated rings. The molecule has 5 rings (SSSR count). The number of benzene rings is 1. The van der Waals surface area contributed by atoms with Crippen LogP contribution in [0.5, 0.6) is 5.75 Å². The van der Waals surface area contributed by atoms with Crippen molar-refractivity contribution in [2.24, 2.45) is 11.8 Å². The molecule has 216 valence electrons. The molecule has 1 aromatic rings. The topological polar surface area (TPSA) is 106 Å². The number of aliphatic hydroxyl groups is 1. The van der Waals surface area contributed by atoms with Gasteiger partial charge in [-0.25, -0.2) is 0 Å². The second kappa shape index (κ2) is 11.7. The van der Waals surface area contributed by atoms with Gasteiger partial charge < -0.3 is 29.1 Å². The van der Waals surface area contributed by atoms with E-state index in [4.69, 9.17) is 14.2 Å². The number of carbonyl (C=O) groups is 3. The normalized spacial score (nSPS) is 32.7. The number of aliphatic hydroxyl groups excluding tert-OH is 1. The minimum atomic E-state index is -1.32. The Kier molecular flexibility index (Phi) is 8.33. The van der Waals surface area contributed by atoms with Crippen LogP contribution >= 0.6 is 0 Å². The standard InChI is InChI=1S/C31H40N2O7/c1-3-30-16-7-4-5-10-21-39-29(37)25(30)24-27(35)33(18-8-6-9-20-34)26-28(36)32(19-11-17-31(24,26)40-30)22-12-14-23(38-2)15-13-22/h7,11-17,24-26,34H,3-6,8-10,18-21H2,1-2H3/b16-7-/t24-,25+,26?,30-,31-/m0/s1. The molecule has 2 amide bonds. The number of fused-ring (bicyclic) bond motifs is 2. The van der Waals surface area contributed by atoms with Gasteiger partial charge in [-0.2, -0.15) is 0 Å². The number of cyclic esters (lactones) is 1. The molecule has 1 unspecified atom stereocenters. The average molecular weight is 553 g/mol. The van der Waals surface area contributed by atoms with E-state index in [1.807, 2.05) is 43.4 Å². The Morgan fingerprint density at radius 2 is 1.80 bits per heavy atom. The Morgan fingerprint density at radius 3 is 2.52 bits per heavy atom. The lowest BCUT2D eigenvalue weighted by Crippen LogP contribution is -2.56. The van der Waals surface area contributed by atoms with Crippen LogP contribution in [0.15, 0.2) is 48.6 Å². The minimum absolute atomic E-state index is 0.0687. The molecule has 2 saturated heterocycles. The van der Waals surface area contributed by atoms with Gasteiger partial charge in [-0.3, -0.25) is 14.4 Å². The number of ether oxygens (including phenoxy) is 3. The molecule has 5 atom stereocenters. The molecule has 9 nitrogen and oxygen atoms in total. The fourth-order valence-electron chi connectivity index (χ4n) is 6.84. The van der Waals surface area contributed by atoms with Crippen molar-refractivity contribution in [3.8, 4) is 5.75 Å². The second-order valence-electron chi connectivity index (χ2n) is 11.1. The van der Waals surface area contributed by atoms with E-state index >= 15 is 0 Å². The van der Waals surface area contributed by atoms with Gasteiger partial charge in [-0.05, 0) is 69.2 Å². The highest BCUT2D eigenvalue weighted by Crippen LogP contribution is 2.58. The largest absolute Gasteiger partial charge is 0.497 e. The van der Waals surface area contributed by atoms with E-state index in [2.05, 4.69) is 0 Å². The van der Waals surface area contributed by atoms with E-state index < -0.39 is 35.0 Å². The van der Waals surface area contributed by atoms with Crippen LogP contribution in [0.2, 0.25) is 0 Å². The Hall–Kier alpha value is -3.17. The molecule has 40 heavy (non-hydrogen) atoms. The Labute approximate surface area is 235 Å². The van der Waals surface area contributed by atoms with Crippen LogP contribution in [-0.4, -0.2) is 78.4 Å². The molecule has 4 aliphatic heterocycles. The Balaban J connectivity index is 1.60. The van der Waals surface area contributed by atoms with Crippen LogP contribution < -0.4 is 9.64 Å². The monoisotopic (exact) mass is 552 g/mol. The Bertz CT molecular complexity index is 1160. The maximum Gasteiger partial charge on any atom is 0.313 e. The third-order valence-corrected chi connectivity index (χ3v) is 8.82. The molecule has 1 spiro atoms. The number of allylic oxidation sites excluding steroid dienone is 1. The zero-order valence-electron chi connectivity index (χ0n) is 23.4. The molecule has 4 aliphatic rings. The van der Waals surface area contributed by atoms with Gasteiger partial charge in [0.15, 0.2) is 0 Å². The van der Waals surface area contributed by atoms with E-state index in [-0.39, 0.29) is 18.4 Å². The van der Waals surface area contributed by atoms with E-state index in [1.165, 1.54) is 0 Å². The number of hydrogen-bond donors (Lipinski definition) is 1. The molecule has 1 N–H and O–H groups in total. The lowest BCUT2D eigenvalue weighted by atomic mass is 9.73. The summed E-state index contributed by atoms with van der Waals surface area (Å²) in [7, 11) is 1.59. The third-order valence-electron chi connectivity index (χ3n) is 8.82. The van der Waals surface area contributed by atoms with Gasteiger partial charge in [0.05, 0.1) is 19.6 Å². The second-order valence-corrected chi connectivity index (χ2v) is 11.1. The smallest absolute Gasteiger partial charge is 0.313 e. The third kappa shape index (κ3) is 4.73. The summed E-state index contributed by atoms with van der Waals surface area (Å²) in [6.07, 6.45) is 12.6. The summed E-state index contributed by atoms with van der Waals surface area (Å²) in [5, 5.41) is 9.27. The first kappa shape index (κ1) is 28.4. The van der Waals surface area contributed by atoms with Crippen molar-refractivity contribution in [1.82, 2.24) is 4.90 Å². The zero-order chi connectivity index (χ0) is 28.3. The minimum Gasteiger partial charge on any atom is -0.497 e. The van der Waals surface area contributed by atoms with Crippen LogP contribution in [-0.2, 0) is 23.9 Å². The average Bonchev–Trinajstić information content (AvgIpc) is 3.32. The molecule has 0 aliphatic carbocycles. The van der Waals surface area contributed by atoms with E-state index in [0.717, 1.165) is 19.3 Å². The van der Waals surface area contributed by atoms with Gasteiger partial charge >= 0.3 is 5.97 Å². The summed E-state index contributed by atoms with van der Waals surface area (Å²) in [6, 6.07) is 6.31. The first-order valence-corrected chi connectivity index (χ1v) is 14.5. The molecule has 0 radical (unpaired) electrons. The summed E-state index contributed by atoms with van der Waals surface area (Å²) >= 11 is 0. The van der Waals surface area contributed by atoms with Crippen molar-refractivity contribution in [3.63, 3.8) is 0 Å². The number of nitrogens with zero attached hydrogens (tertiary/aromatic N) is 2. The van der Waals surface area contributed by atoms with Crippen molar-refractivity contribution < 1.29 is 33.7 Å². The highest BCUT2D eigenvalue weighted by atomic mass is 16.6. The van der Waals surface area contributed by atoms with Crippen molar-refractivity contribution in [1.29, 1.82) is 0 Å². The van der Waals surface area contributed by atoms with Crippen LogP contribution in [0, 0.1) is 11.8 Å². The number of unbranched alkanes of at least 4 members (excludes halogenated alkanes) is 2. The van der Waals surface area contributed by atoms with Crippen LogP contribution in [0.4, 0.5) is 5.69 Å². The maximum atomic E-state index is 14.5. The first-order chi connectivity index (χ1) is 19.4. The fraction of sp³-hybridized carbons (Fsp3) is 0.581. The van der Waals surface area contributed by atoms with Crippen molar-refractivity contribution >= 4 is 23.5 Å². The van der Waals surface area contributed by atoms with Crippen molar-refractivity contribution in [2.75, 3.05) is 38.3 Å². The number of carbonyl (C=O) groups excluding carboxylic acids is 3. The molecule has 0 bridgehead atoms. The predicted molar refractivity (Wildman–Crippen MR) is 149 cm³/mol. The van der Waals surface area contributed by atoms with Gasteiger partial charge in [-0.15, -0.1) is 0 Å². The highest BCUT2D eigenvalue weighted by Gasteiger charge is 2.75. The Morgan fingerprint density at radius 1 is 1.00 bits per heavy atom. The van der Waals surface area contributed by atoms with Gasteiger partial charge in [0.2, 0.25) is 5.91 Å². The van der Waals surface area contributed by atoms with E-state index in [1.54, 1.807) is 29.0 Å². The van der Waals surface area contributed by atoms with E-state index in [0.29, 0.717) is 56.8 Å². The number of amides is 2. The fourth-order valence-corrected chi connectivity index (χ4v) is 6.84. The van der Waals surface area contributed by atoms with Crippen LogP contribution in [0.25, 0.3) is 0 Å². The summed E-state index contributed by atoms with van der Waals surface area (Å²) in [5.74, 6) is -2.03. The van der Waals surface area contributed by atoms with Gasteiger partial charge in [0, 0.05) is 25.4 Å². The van der Waals surface area contributed by atoms with Crippen molar-refractivity contribution in [2.45, 2.75) is 69.1 Å². The van der Waals surface area contributed by atoms with Crippen molar-refractivity contribution in [3.05, 3.63) is 48.6 Å². The number of methoxy groups -OCH3 is 1. The van der Waals surface area contributed by atoms with Gasteiger partial charge in [0.1, 0.15) is 28.9 Å². The number of rotatable bonds is 8. The highest BCUT2D eigenvalue weighted by molar-refractivity contribution is 6.05. The molecule has 0 aromatic heterocycles. The summed E-state index contributed by atoms with van der Waals surface area (Å²) in [4.78, 5) is 45.8. The SMILES string of the molecule is CC[C@]12/C=C\CCCCOC(=O)[C@H]1[C@H]1C(=O)N(CCCCCO)C3C(=O)N(c4ccc(OC)cc4)CC=C[C@@]31O2. The first-order valence-electron chi connectivity index (χ1n) is 14.5. The molecule has 1 aromatic carbocycles. The molecular formula is C31H40N2O7. The predicted octanol–water partition coefficient (Wildman–Crippen LogP) is 3.40. The molecule has 4 heterocycles. The maximum absolute atomic E-state index is 14.5. The zero-order valence-corrected chi connectivity index (χ0v) is 23.4. The van der Waals surface area contributed by atoms with Gasteiger partial charge in [-0.1, -0.05) is 31.2 Å². The molecular weight excluding hydrogens is 512 g/mol. The van der Waals surface area contributed by atoms with Gasteiger partial charge in [0.25, 0.3) is 5.91 Å². The lowest BCUT2D eigenvalue weighted by Gasteiger charge is -2.38. The molecule has 9 heteroatoms. The lowest BCUT2D eigenvalue weighted by molar-refractivity contribution is -0.160. The number of esters is 1.